The van der Waals surface area contributed by atoms with Crippen molar-refractivity contribution in [2.45, 2.75) is 38.2 Å². The van der Waals surface area contributed by atoms with E-state index in [0.29, 0.717) is 19.3 Å². The van der Waals surface area contributed by atoms with Gasteiger partial charge in [-0.15, -0.1) is 0 Å². The van der Waals surface area contributed by atoms with Gasteiger partial charge in [-0.2, -0.15) is 0 Å². The van der Waals surface area contributed by atoms with E-state index in [-0.39, 0.29) is 12.0 Å². The highest BCUT2D eigenvalue weighted by molar-refractivity contribution is 5.74. The van der Waals surface area contributed by atoms with Crippen LogP contribution >= 0.6 is 0 Å². The molecule has 0 saturated heterocycles. The molecule has 0 aromatic heterocycles. The van der Waals surface area contributed by atoms with Crippen LogP contribution in [-0.4, -0.2) is 30.6 Å². The van der Waals surface area contributed by atoms with Crippen LogP contribution in [0.2, 0.25) is 0 Å². The van der Waals surface area contributed by atoms with Crippen molar-refractivity contribution >= 4 is 12.2 Å². The van der Waals surface area contributed by atoms with Crippen LogP contribution in [0.4, 0.5) is 0 Å². The number of methoxy groups -OCH3 is 1. The fourth-order valence-electron chi connectivity index (χ4n) is 1.11. The molecule has 0 spiro atoms. The molecule has 0 bridgehead atoms. The fourth-order valence-corrected chi connectivity index (χ4v) is 1.11. The lowest BCUT2D eigenvalue weighted by atomic mass is 10.1. The lowest BCUT2D eigenvalue weighted by Gasteiger charge is -2.06. The summed E-state index contributed by atoms with van der Waals surface area (Å²) in [6.07, 6.45) is 3.84. The zero-order chi connectivity index (χ0) is 10.8. The van der Waals surface area contributed by atoms with E-state index in [2.05, 4.69) is 0 Å². The number of carbonyl (C=O) groups excluding carboxylic acids is 2. The Bertz CT molecular complexity index is 172. The van der Waals surface area contributed by atoms with Crippen LogP contribution in [0.3, 0.4) is 0 Å². The summed E-state index contributed by atoms with van der Waals surface area (Å²) < 4.78 is 4.86. The Morgan fingerprint density at radius 1 is 1.50 bits per heavy atom. The normalized spacial score (nSPS) is 12.1. The van der Waals surface area contributed by atoms with E-state index in [4.69, 9.17) is 9.94 Å². The second-order valence-electron chi connectivity index (χ2n) is 3.04. The van der Waals surface area contributed by atoms with Gasteiger partial charge >= 0.3 is 0 Å². The largest absolute Gasteiger partial charge is 0.374 e. The van der Waals surface area contributed by atoms with Gasteiger partial charge in [-0.25, -0.2) is 5.48 Å². The van der Waals surface area contributed by atoms with Gasteiger partial charge in [0, 0.05) is 13.5 Å². The zero-order valence-electron chi connectivity index (χ0n) is 8.36. The number of unbranched alkanes of at least 4 members (excludes halogenated alkanes) is 2. The summed E-state index contributed by atoms with van der Waals surface area (Å²) in [6, 6.07) is 0. The van der Waals surface area contributed by atoms with Gasteiger partial charge in [0.15, 0.2) is 0 Å². The van der Waals surface area contributed by atoms with Gasteiger partial charge in [0.2, 0.25) is 5.91 Å². The van der Waals surface area contributed by atoms with Crippen molar-refractivity contribution in [1.82, 2.24) is 5.48 Å². The molecule has 0 aliphatic heterocycles. The van der Waals surface area contributed by atoms with Crippen molar-refractivity contribution < 1.29 is 19.5 Å². The number of ether oxygens (including phenoxy) is 1. The summed E-state index contributed by atoms with van der Waals surface area (Å²) in [4.78, 5) is 20.9. The molecule has 0 aromatic rings. The molecule has 82 valence electrons. The lowest BCUT2D eigenvalue weighted by molar-refractivity contribution is -0.129. The number of hydrogen-bond donors (Lipinski definition) is 2. The molecule has 0 aliphatic rings. The summed E-state index contributed by atoms with van der Waals surface area (Å²) in [5.74, 6) is -0.372. The number of aldehydes is 1. The highest BCUT2D eigenvalue weighted by atomic mass is 16.5. The molecule has 0 aromatic carbocycles. The van der Waals surface area contributed by atoms with Gasteiger partial charge in [-0.1, -0.05) is 12.8 Å². The molecule has 2 N–H and O–H groups in total. The Labute approximate surface area is 83.4 Å². The molecule has 5 heteroatoms. The standard InChI is InChI=1S/C9H17NO4/c1-14-8(7-11)5-3-2-4-6-9(12)10-13/h7-8,13H,2-6H2,1H3,(H,10,12). The maximum absolute atomic E-state index is 10.6. The number of nitrogens with one attached hydrogen (secondary N) is 1. The van der Waals surface area contributed by atoms with E-state index in [1.165, 1.54) is 7.11 Å². The summed E-state index contributed by atoms with van der Waals surface area (Å²) in [6.45, 7) is 0. The first-order valence-corrected chi connectivity index (χ1v) is 4.65. The Hall–Kier alpha value is -0.940. The molecule has 0 heterocycles. The SMILES string of the molecule is COC(C=O)CCCCCC(=O)NO. The first-order valence-electron chi connectivity index (χ1n) is 4.65. The summed E-state index contributed by atoms with van der Waals surface area (Å²) in [5, 5.41) is 8.19. The Morgan fingerprint density at radius 3 is 2.71 bits per heavy atom. The van der Waals surface area contributed by atoms with E-state index >= 15 is 0 Å². The summed E-state index contributed by atoms with van der Waals surface area (Å²) in [5.41, 5.74) is 1.57. The Kier molecular flexibility index (Phi) is 8.07. The maximum atomic E-state index is 10.6. The zero-order valence-corrected chi connectivity index (χ0v) is 8.36. The second-order valence-corrected chi connectivity index (χ2v) is 3.04. The average Bonchev–Trinajstić information content (AvgIpc) is 2.23. The van der Waals surface area contributed by atoms with Crippen LogP contribution in [0.1, 0.15) is 32.1 Å². The third kappa shape index (κ3) is 6.56. The molecule has 0 radical (unpaired) electrons. The lowest BCUT2D eigenvalue weighted by Crippen LogP contribution is -2.17. The van der Waals surface area contributed by atoms with Crippen LogP contribution in [0, 0.1) is 0 Å². The van der Waals surface area contributed by atoms with Crippen LogP contribution < -0.4 is 5.48 Å². The van der Waals surface area contributed by atoms with Gasteiger partial charge in [-0.3, -0.25) is 10.0 Å². The number of rotatable bonds is 8. The van der Waals surface area contributed by atoms with Gasteiger partial charge in [0.1, 0.15) is 12.4 Å². The van der Waals surface area contributed by atoms with E-state index in [1.807, 2.05) is 0 Å². The number of carbonyl (C=O) groups is 2. The van der Waals surface area contributed by atoms with Crippen molar-refractivity contribution in [3.05, 3.63) is 0 Å². The van der Waals surface area contributed by atoms with Crippen molar-refractivity contribution in [2.75, 3.05) is 7.11 Å². The van der Waals surface area contributed by atoms with Gasteiger partial charge in [-0.05, 0) is 12.8 Å². The highest BCUT2D eigenvalue weighted by Crippen LogP contribution is 2.06. The van der Waals surface area contributed by atoms with E-state index in [9.17, 15) is 9.59 Å². The minimum atomic E-state index is -0.372. The molecule has 0 rings (SSSR count). The maximum Gasteiger partial charge on any atom is 0.243 e. The molecule has 0 saturated carbocycles. The third-order valence-electron chi connectivity index (χ3n) is 1.97. The predicted molar refractivity (Wildman–Crippen MR) is 49.9 cm³/mol. The van der Waals surface area contributed by atoms with Crippen LogP contribution in [-0.2, 0) is 14.3 Å². The minimum Gasteiger partial charge on any atom is -0.374 e. The van der Waals surface area contributed by atoms with Crippen molar-refractivity contribution in [3.63, 3.8) is 0 Å². The molecular weight excluding hydrogens is 186 g/mol. The predicted octanol–water partition coefficient (Wildman–Crippen LogP) is 0.656. The molecule has 0 fully saturated rings. The second kappa shape index (κ2) is 8.65. The molecule has 1 atom stereocenters. The topological polar surface area (TPSA) is 75.6 Å². The quantitative estimate of drug-likeness (QED) is 0.263. The Balaban J connectivity index is 3.28. The minimum absolute atomic E-state index is 0.315. The molecule has 1 unspecified atom stereocenters. The average molecular weight is 203 g/mol. The molecule has 0 aliphatic carbocycles. The first-order chi connectivity index (χ1) is 6.74. The van der Waals surface area contributed by atoms with Crippen molar-refractivity contribution in [3.8, 4) is 0 Å². The van der Waals surface area contributed by atoms with E-state index < -0.39 is 0 Å². The van der Waals surface area contributed by atoms with Gasteiger partial charge in [0.05, 0.1) is 0 Å². The smallest absolute Gasteiger partial charge is 0.243 e. The molecule has 5 nitrogen and oxygen atoms in total. The van der Waals surface area contributed by atoms with Crippen LogP contribution in [0.5, 0.6) is 0 Å². The molecular formula is C9H17NO4. The Morgan fingerprint density at radius 2 is 2.21 bits per heavy atom. The summed E-state index contributed by atoms with van der Waals surface area (Å²) in [7, 11) is 1.50. The molecule has 14 heavy (non-hydrogen) atoms. The summed E-state index contributed by atoms with van der Waals surface area (Å²) >= 11 is 0. The highest BCUT2D eigenvalue weighted by Gasteiger charge is 2.04. The van der Waals surface area contributed by atoms with Crippen LogP contribution in [0.15, 0.2) is 0 Å². The number of hydrogen-bond acceptors (Lipinski definition) is 4. The van der Waals surface area contributed by atoms with E-state index in [1.54, 1.807) is 5.48 Å². The number of hydroxylamine groups is 1. The van der Waals surface area contributed by atoms with Gasteiger partial charge < -0.3 is 9.53 Å². The molecule has 1 amide bonds. The van der Waals surface area contributed by atoms with Crippen molar-refractivity contribution in [2.24, 2.45) is 0 Å². The number of amides is 1. The van der Waals surface area contributed by atoms with Gasteiger partial charge in [0.25, 0.3) is 0 Å². The monoisotopic (exact) mass is 203 g/mol. The van der Waals surface area contributed by atoms with Crippen molar-refractivity contribution in [1.29, 1.82) is 0 Å². The first kappa shape index (κ1) is 13.1. The van der Waals surface area contributed by atoms with Crippen LogP contribution in [0.25, 0.3) is 0 Å². The third-order valence-corrected chi connectivity index (χ3v) is 1.97. The van der Waals surface area contributed by atoms with E-state index in [0.717, 1.165) is 19.1 Å². The fraction of sp³-hybridized carbons (Fsp3) is 0.778.